The third-order valence-corrected chi connectivity index (χ3v) is 25.5. The summed E-state index contributed by atoms with van der Waals surface area (Å²) in [6.07, 6.45) is 0. The van der Waals surface area contributed by atoms with Crippen LogP contribution in [0.4, 0.5) is 13.2 Å². The molecule has 0 atom stereocenters. The molecular weight excluding hydrogens is 1480 g/mol. The molecule has 0 aromatic heterocycles. The number of fused-ring (bicyclic) bond motifs is 10. The number of ether oxygens (including phenoxy) is 3. The van der Waals surface area contributed by atoms with Crippen LogP contribution in [0.3, 0.4) is 0 Å². The highest BCUT2D eigenvalue weighted by Crippen LogP contribution is 2.54. The Hall–Kier alpha value is -12.5. The summed E-state index contributed by atoms with van der Waals surface area (Å²) < 4.78 is 109. The summed E-state index contributed by atoms with van der Waals surface area (Å²) in [4.78, 5) is 0. The van der Waals surface area contributed by atoms with E-state index in [0.717, 1.165) is 77.7 Å². The maximum absolute atomic E-state index is 12.6. The van der Waals surface area contributed by atoms with E-state index in [4.69, 9.17) is 32.8 Å². The van der Waals surface area contributed by atoms with Gasteiger partial charge in [-0.05, 0) is 230 Å². The summed E-state index contributed by atoms with van der Waals surface area (Å²) in [5.41, 5.74) is 10.9. The maximum atomic E-state index is 12.6. The average Bonchev–Trinajstić information content (AvgIpc) is 1.46. The van der Waals surface area contributed by atoms with Crippen LogP contribution >= 0.6 is 0 Å². The van der Waals surface area contributed by atoms with Crippen molar-refractivity contribution in [1.82, 2.24) is 0 Å². The van der Waals surface area contributed by atoms with Crippen LogP contribution in [-0.2, 0) is 28.7 Å². The molecule has 0 radical (unpaired) electrons. The minimum Gasteiger partial charge on any atom is -0.456 e. The van der Waals surface area contributed by atoms with Gasteiger partial charge in [0, 0.05) is 38.2 Å². The van der Waals surface area contributed by atoms with Crippen molar-refractivity contribution in [2.45, 2.75) is 83.3 Å². The molecule has 5 aliphatic rings. The highest BCUT2D eigenvalue weighted by molar-refractivity contribution is 7.88. The van der Waals surface area contributed by atoms with E-state index in [0.29, 0.717) is 16.9 Å². The molecule has 0 saturated carbocycles. The van der Waals surface area contributed by atoms with Crippen molar-refractivity contribution in [3.8, 4) is 118 Å². The van der Waals surface area contributed by atoms with E-state index in [1.807, 2.05) is 18.2 Å². The van der Waals surface area contributed by atoms with Crippen LogP contribution in [0.25, 0.3) is 153 Å². The van der Waals surface area contributed by atoms with Gasteiger partial charge in [-0.25, -0.2) is 0 Å². The van der Waals surface area contributed by atoms with Crippen LogP contribution in [0.1, 0.15) is 55.4 Å². The van der Waals surface area contributed by atoms with Crippen molar-refractivity contribution in [1.29, 1.82) is 0 Å². The monoisotopic (exact) mass is 1560 g/mol. The molecule has 17 aromatic carbocycles. The van der Waals surface area contributed by atoms with Crippen LogP contribution in [0.2, 0.25) is 0 Å². The molecule has 2 fully saturated rings. The summed E-state index contributed by atoms with van der Waals surface area (Å²) in [5.74, 6) is 4.25. The van der Waals surface area contributed by atoms with E-state index in [1.165, 1.54) is 117 Å². The lowest BCUT2D eigenvalue weighted by molar-refractivity contribution is -0.0499. The zero-order valence-electron chi connectivity index (χ0n) is 65.2. The minimum absolute atomic E-state index is 0.220. The van der Waals surface area contributed by atoms with Gasteiger partial charge in [0.15, 0.2) is 5.75 Å². The number of hydrogen-bond donors (Lipinski definition) is 0. The summed E-state index contributed by atoms with van der Waals surface area (Å²) in [6.45, 7) is 16.8. The molecule has 0 amide bonds. The number of hydrogen-bond acceptors (Lipinski definition) is 10. The third kappa shape index (κ3) is 12.0. The van der Waals surface area contributed by atoms with Gasteiger partial charge < -0.3 is 37.0 Å². The van der Waals surface area contributed by atoms with Gasteiger partial charge in [0.2, 0.25) is 0 Å². The standard InChI is InChI=1S/C52H30O2.C32H36B2O4.C17H9F3O4S/c1-3-13-33-31(11-1)35(23-25-37(33)39-27-29-45-41-15-5-7-19-47(41)53-49-21-9-17-43(39)51(45)49)36-24-26-38(34-14-4-2-12-32(34)36)40-28-30-46-42-16-6-8-20-48(42)54-50-22-10-18-44(40)52(46)50;1-29(2)30(3,4)36-33(35-29)27-19-17-23(21-13-9-11-15-25(21)27)24-18-20-28(26-16-12-10-14-22(24)26)34-37-31(5,6)32(7,8)38-34;18-17(19,20)25(21,22)24-14-9-8-11-10-4-1-2-6-13(10)23-15-7-3-5-12(14)16(11)15/h1-30H;9-20H,1-8H3;1-9H. The van der Waals surface area contributed by atoms with Gasteiger partial charge in [-0.15, -0.1) is 0 Å². The SMILES string of the molecule is CC1(C)OB(c2ccc(-c3ccc(B4OC(C)(C)C(C)(C)O4)c4ccccc34)c3ccccc23)OC1(C)C.O=S(=O)(Oc1ccc2c3c(cccc13)Oc1ccccc1-2)C(F)(F)F.c1ccc2c(c1)Oc1cccc3c(-c4ccc(-c5ccc(-c6ccc7c8c(cccc68)Oc6ccccc6-7)c6ccccc56)c5ccccc45)ccc-2c13. The molecule has 117 heavy (non-hydrogen) atoms. The number of benzene rings is 17. The fraction of sp³-hybridized carbons (Fsp3) is 0.129. The van der Waals surface area contributed by atoms with Gasteiger partial charge in [0.1, 0.15) is 34.5 Å². The van der Waals surface area contributed by atoms with E-state index in [9.17, 15) is 21.6 Å². The minimum atomic E-state index is -5.76. The smallest absolute Gasteiger partial charge is 0.456 e. The lowest BCUT2D eigenvalue weighted by Gasteiger charge is -2.32. The normalized spacial score (nSPS) is 15.5. The van der Waals surface area contributed by atoms with E-state index >= 15 is 0 Å². The molecular formula is C101H75B2F3O10S. The highest BCUT2D eigenvalue weighted by atomic mass is 32.2. The van der Waals surface area contributed by atoms with Gasteiger partial charge in [-0.2, -0.15) is 21.6 Å². The Balaban J connectivity index is 0.000000122. The van der Waals surface area contributed by atoms with E-state index in [2.05, 4.69) is 302 Å². The summed E-state index contributed by atoms with van der Waals surface area (Å²) in [5, 5.41) is 15.0. The first kappa shape index (κ1) is 73.4. The predicted octanol–water partition coefficient (Wildman–Crippen LogP) is 25.9. The molecule has 572 valence electrons. The molecule has 10 nitrogen and oxygen atoms in total. The molecule has 0 spiro atoms. The Morgan fingerprint density at radius 2 is 0.479 bits per heavy atom. The largest absolute Gasteiger partial charge is 0.534 e. The molecule has 0 unspecified atom stereocenters. The Bertz CT molecular complexity index is 6790. The Kier molecular flexibility index (Phi) is 17.1. The summed E-state index contributed by atoms with van der Waals surface area (Å²) in [6, 6.07) is 106. The lowest BCUT2D eigenvalue weighted by atomic mass is 9.73. The average molecular weight is 1560 g/mol. The van der Waals surface area contributed by atoms with Crippen LogP contribution in [0, 0.1) is 0 Å². The highest BCUT2D eigenvalue weighted by Gasteiger charge is 2.54. The summed E-state index contributed by atoms with van der Waals surface area (Å²) >= 11 is 0. The Morgan fingerprint density at radius 3 is 0.803 bits per heavy atom. The Labute approximate surface area is 675 Å². The van der Waals surface area contributed by atoms with Crippen molar-refractivity contribution in [2.24, 2.45) is 0 Å². The maximum Gasteiger partial charge on any atom is 0.534 e. The second kappa shape index (κ2) is 27.3. The number of rotatable bonds is 8. The molecule has 0 bridgehead atoms. The van der Waals surface area contributed by atoms with Crippen LogP contribution in [-0.4, -0.2) is 50.6 Å². The number of halogens is 3. The fourth-order valence-electron chi connectivity index (χ4n) is 17.4. The predicted molar refractivity (Wildman–Crippen MR) is 467 cm³/mol. The molecule has 2 saturated heterocycles. The molecule has 22 rings (SSSR count). The van der Waals surface area contributed by atoms with E-state index in [1.54, 1.807) is 30.3 Å². The molecule has 5 aliphatic heterocycles. The van der Waals surface area contributed by atoms with Gasteiger partial charge in [0.05, 0.1) is 22.4 Å². The number of para-hydroxylation sites is 3. The lowest BCUT2D eigenvalue weighted by Crippen LogP contribution is -2.41. The van der Waals surface area contributed by atoms with Gasteiger partial charge in [-0.1, -0.05) is 261 Å². The van der Waals surface area contributed by atoms with E-state index < -0.39 is 58.0 Å². The zero-order chi connectivity index (χ0) is 80.2. The van der Waals surface area contributed by atoms with Crippen LogP contribution in [0.15, 0.2) is 309 Å². The Morgan fingerprint density at radius 1 is 0.248 bits per heavy atom. The van der Waals surface area contributed by atoms with Crippen molar-refractivity contribution in [2.75, 3.05) is 0 Å². The second-order valence-corrected chi connectivity index (χ2v) is 33.9. The third-order valence-electron chi connectivity index (χ3n) is 24.6. The summed E-state index contributed by atoms with van der Waals surface area (Å²) in [7, 11) is -6.59. The molecule has 0 N–H and O–H groups in total. The first-order chi connectivity index (χ1) is 56.4. The topological polar surface area (TPSA) is 108 Å². The molecule has 16 heteroatoms. The van der Waals surface area contributed by atoms with Crippen molar-refractivity contribution >= 4 is 111 Å². The first-order valence-corrected chi connectivity index (χ1v) is 40.6. The van der Waals surface area contributed by atoms with Gasteiger partial charge >= 0.3 is 29.9 Å². The fourth-order valence-corrected chi connectivity index (χ4v) is 17.9. The van der Waals surface area contributed by atoms with Crippen molar-refractivity contribution in [3.05, 3.63) is 309 Å². The van der Waals surface area contributed by atoms with Crippen molar-refractivity contribution in [3.63, 3.8) is 0 Å². The number of alkyl halides is 3. The first-order valence-electron chi connectivity index (χ1n) is 39.2. The molecule has 0 aliphatic carbocycles. The molecule has 5 heterocycles. The van der Waals surface area contributed by atoms with Crippen LogP contribution < -0.4 is 29.3 Å². The van der Waals surface area contributed by atoms with Crippen molar-refractivity contribution < 1.29 is 58.6 Å². The van der Waals surface area contributed by atoms with Gasteiger partial charge in [-0.3, -0.25) is 0 Å². The quantitative estimate of drug-likeness (QED) is 0.0829. The molecule has 17 aromatic rings. The van der Waals surface area contributed by atoms with Crippen LogP contribution in [0.5, 0.6) is 40.2 Å². The second-order valence-electron chi connectivity index (χ2n) is 32.3. The zero-order valence-corrected chi connectivity index (χ0v) is 66.0. The van der Waals surface area contributed by atoms with E-state index in [-0.39, 0.29) is 5.39 Å². The van der Waals surface area contributed by atoms with Gasteiger partial charge in [0.25, 0.3) is 0 Å².